The predicted molar refractivity (Wildman–Crippen MR) is 94.0 cm³/mol. The van der Waals surface area contributed by atoms with E-state index in [2.05, 4.69) is 15.5 Å². The molecule has 0 aliphatic heterocycles. The summed E-state index contributed by atoms with van der Waals surface area (Å²) >= 11 is 0. The molecule has 0 radical (unpaired) electrons. The first-order chi connectivity index (χ1) is 12.6. The molecule has 6 heteroatoms. The lowest BCUT2D eigenvalue weighted by atomic mass is 9.87. The molecule has 4 rings (SSSR count). The Morgan fingerprint density at radius 1 is 1.19 bits per heavy atom. The number of nitrogens with zero attached hydrogens (tertiary/aromatic N) is 2. The Hall–Kier alpha value is -3.02. The molecule has 1 atom stereocenters. The van der Waals surface area contributed by atoms with Gasteiger partial charge in [0.15, 0.2) is 0 Å². The van der Waals surface area contributed by atoms with Gasteiger partial charge in [-0.3, -0.25) is 4.79 Å². The standard InChI is InChI=1S/C20H18FN3O2/c1-12-23-24-20(26-12)14-7-5-13(6-8-14)19(25)22-18-4-2-3-15-11-16(21)9-10-17(15)18/h5-11,18H,2-4H2,1H3,(H,22,25). The van der Waals surface area contributed by atoms with Gasteiger partial charge in [0.05, 0.1) is 6.04 Å². The highest BCUT2D eigenvalue weighted by Crippen LogP contribution is 2.30. The minimum atomic E-state index is -0.234. The van der Waals surface area contributed by atoms with Crippen LogP contribution in [0.1, 0.15) is 46.3 Å². The third-order valence-corrected chi connectivity index (χ3v) is 4.64. The van der Waals surface area contributed by atoms with Crippen molar-refractivity contribution in [3.63, 3.8) is 0 Å². The van der Waals surface area contributed by atoms with E-state index in [9.17, 15) is 9.18 Å². The first-order valence-electron chi connectivity index (χ1n) is 8.60. The molecule has 0 spiro atoms. The predicted octanol–water partition coefficient (Wildman–Crippen LogP) is 3.99. The van der Waals surface area contributed by atoms with E-state index >= 15 is 0 Å². The van der Waals surface area contributed by atoms with Crippen molar-refractivity contribution in [1.29, 1.82) is 0 Å². The second kappa shape index (κ2) is 6.71. The Morgan fingerprint density at radius 2 is 2.00 bits per heavy atom. The highest BCUT2D eigenvalue weighted by Gasteiger charge is 2.22. The minimum Gasteiger partial charge on any atom is -0.421 e. The van der Waals surface area contributed by atoms with Gasteiger partial charge < -0.3 is 9.73 Å². The van der Waals surface area contributed by atoms with Crippen molar-refractivity contribution < 1.29 is 13.6 Å². The van der Waals surface area contributed by atoms with Crippen LogP contribution in [-0.2, 0) is 6.42 Å². The molecular formula is C20H18FN3O2. The van der Waals surface area contributed by atoms with Gasteiger partial charge in [-0.15, -0.1) is 10.2 Å². The fourth-order valence-electron chi connectivity index (χ4n) is 3.35. The van der Waals surface area contributed by atoms with Crippen molar-refractivity contribution >= 4 is 5.91 Å². The number of nitrogens with one attached hydrogen (secondary N) is 1. The second-order valence-electron chi connectivity index (χ2n) is 6.46. The van der Waals surface area contributed by atoms with Crippen LogP contribution < -0.4 is 5.32 Å². The fourth-order valence-corrected chi connectivity index (χ4v) is 3.35. The number of hydrogen-bond donors (Lipinski definition) is 1. The molecule has 0 fully saturated rings. The number of carbonyl (C=O) groups excluding carboxylic acids is 1. The zero-order chi connectivity index (χ0) is 18.1. The minimum absolute atomic E-state index is 0.0925. The largest absolute Gasteiger partial charge is 0.421 e. The van der Waals surface area contributed by atoms with E-state index in [1.165, 1.54) is 6.07 Å². The number of benzene rings is 2. The molecule has 0 saturated carbocycles. The summed E-state index contributed by atoms with van der Waals surface area (Å²) in [7, 11) is 0. The van der Waals surface area contributed by atoms with Gasteiger partial charge in [0, 0.05) is 18.1 Å². The van der Waals surface area contributed by atoms with E-state index < -0.39 is 0 Å². The number of hydrogen-bond acceptors (Lipinski definition) is 4. The number of rotatable bonds is 3. The van der Waals surface area contributed by atoms with Crippen molar-refractivity contribution in [1.82, 2.24) is 15.5 Å². The van der Waals surface area contributed by atoms with E-state index in [0.717, 1.165) is 36.0 Å². The average Bonchev–Trinajstić information content (AvgIpc) is 3.08. The molecule has 5 nitrogen and oxygen atoms in total. The monoisotopic (exact) mass is 351 g/mol. The molecule has 1 aromatic heterocycles. The summed E-state index contributed by atoms with van der Waals surface area (Å²) < 4.78 is 18.8. The van der Waals surface area contributed by atoms with Crippen molar-refractivity contribution in [2.75, 3.05) is 0 Å². The molecule has 1 amide bonds. The molecule has 1 unspecified atom stereocenters. The lowest BCUT2D eigenvalue weighted by Crippen LogP contribution is -2.31. The van der Waals surface area contributed by atoms with E-state index in [4.69, 9.17) is 4.42 Å². The maximum atomic E-state index is 13.4. The van der Waals surface area contributed by atoms with E-state index in [1.54, 1.807) is 43.3 Å². The van der Waals surface area contributed by atoms with Gasteiger partial charge in [0.2, 0.25) is 11.8 Å². The Balaban J connectivity index is 1.51. The molecule has 26 heavy (non-hydrogen) atoms. The zero-order valence-electron chi connectivity index (χ0n) is 14.3. The Morgan fingerprint density at radius 3 is 2.73 bits per heavy atom. The van der Waals surface area contributed by atoms with Gasteiger partial charge in [-0.1, -0.05) is 6.07 Å². The molecule has 1 aliphatic rings. The van der Waals surface area contributed by atoms with Crippen LogP contribution in [0.5, 0.6) is 0 Å². The second-order valence-corrected chi connectivity index (χ2v) is 6.46. The van der Waals surface area contributed by atoms with Crippen LogP contribution in [0, 0.1) is 12.7 Å². The fraction of sp³-hybridized carbons (Fsp3) is 0.250. The van der Waals surface area contributed by atoms with E-state index in [1.807, 2.05) is 0 Å². The maximum Gasteiger partial charge on any atom is 0.251 e. The molecule has 0 saturated heterocycles. The van der Waals surface area contributed by atoms with Gasteiger partial charge in [0.1, 0.15) is 5.82 Å². The summed E-state index contributed by atoms with van der Waals surface area (Å²) in [6, 6.07) is 11.7. The molecular weight excluding hydrogens is 333 g/mol. The highest BCUT2D eigenvalue weighted by molar-refractivity contribution is 5.94. The first kappa shape index (κ1) is 16.4. The van der Waals surface area contributed by atoms with Gasteiger partial charge in [-0.05, 0) is 66.8 Å². The van der Waals surface area contributed by atoms with Gasteiger partial charge in [-0.25, -0.2) is 4.39 Å². The number of amides is 1. The highest BCUT2D eigenvalue weighted by atomic mass is 19.1. The molecule has 2 aromatic carbocycles. The smallest absolute Gasteiger partial charge is 0.251 e. The van der Waals surface area contributed by atoms with Gasteiger partial charge in [-0.2, -0.15) is 0 Å². The number of halogens is 1. The van der Waals surface area contributed by atoms with Crippen LogP contribution in [0.4, 0.5) is 4.39 Å². The Bertz CT molecular complexity index is 950. The molecule has 0 bridgehead atoms. The van der Waals surface area contributed by atoms with E-state index in [0.29, 0.717) is 17.3 Å². The third-order valence-electron chi connectivity index (χ3n) is 4.64. The summed E-state index contributed by atoms with van der Waals surface area (Å²) in [6.07, 6.45) is 2.62. The average molecular weight is 351 g/mol. The molecule has 1 aliphatic carbocycles. The van der Waals surface area contributed by atoms with Gasteiger partial charge in [0.25, 0.3) is 5.91 Å². The van der Waals surface area contributed by atoms with Crippen molar-refractivity contribution in [2.45, 2.75) is 32.2 Å². The van der Waals surface area contributed by atoms with Crippen molar-refractivity contribution in [3.05, 3.63) is 70.9 Å². The summed E-state index contributed by atoms with van der Waals surface area (Å²) in [4.78, 5) is 12.6. The number of aromatic nitrogens is 2. The third kappa shape index (κ3) is 3.22. The molecule has 1 heterocycles. The van der Waals surface area contributed by atoms with Crippen LogP contribution >= 0.6 is 0 Å². The SMILES string of the molecule is Cc1nnc(-c2ccc(C(=O)NC3CCCc4cc(F)ccc43)cc2)o1. The number of carbonyl (C=O) groups is 1. The van der Waals surface area contributed by atoms with Crippen LogP contribution in [0.15, 0.2) is 46.9 Å². The summed E-state index contributed by atoms with van der Waals surface area (Å²) in [6.45, 7) is 1.73. The zero-order valence-corrected chi connectivity index (χ0v) is 14.3. The van der Waals surface area contributed by atoms with Crippen molar-refractivity contribution in [3.8, 4) is 11.5 Å². The summed E-state index contributed by atoms with van der Waals surface area (Å²) in [5.41, 5.74) is 3.30. The van der Waals surface area contributed by atoms with Crippen LogP contribution in [0.25, 0.3) is 11.5 Å². The van der Waals surface area contributed by atoms with Gasteiger partial charge >= 0.3 is 0 Å². The lowest BCUT2D eigenvalue weighted by Gasteiger charge is -2.26. The lowest BCUT2D eigenvalue weighted by molar-refractivity contribution is 0.0932. The molecule has 132 valence electrons. The topological polar surface area (TPSA) is 68.0 Å². The normalized spacial score (nSPS) is 16.2. The summed E-state index contributed by atoms with van der Waals surface area (Å²) in [5.74, 6) is 0.537. The molecule has 3 aromatic rings. The maximum absolute atomic E-state index is 13.4. The molecule has 1 N–H and O–H groups in total. The van der Waals surface area contributed by atoms with Crippen LogP contribution in [0.2, 0.25) is 0 Å². The Labute approximate surface area is 150 Å². The van der Waals surface area contributed by atoms with Crippen LogP contribution in [-0.4, -0.2) is 16.1 Å². The number of aryl methyl sites for hydroxylation is 2. The Kier molecular flexibility index (Phi) is 4.24. The first-order valence-corrected chi connectivity index (χ1v) is 8.60. The van der Waals surface area contributed by atoms with Crippen molar-refractivity contribution in [2.24, 2.45) is 0 Å². The van der Waals surface area contributed by atoms with E-state index in [-0.39, 0.29) is 17.8 Å². The van der Waals surface area contributed by atoms with Crippen LogP contribution in [0.3, 0.4) is 0 Å². The quantitative estimate of drug-likeness (QED) is 0.775. The number of fused-ring (bicyclic) bond motifs is 1. The summed E-state index contributed by atoms with van der Waals surface area (Å²) in [5, 5.41) is 10.8.